The average Bonchev–Trinajstić information content (AvgIpc) is 2.89. The van der Waals surface area contributed by atoms with Gasteiger partial charge in [0.2, 0.25) is 0 Å². The number of carbonyl (C=O) groups is 2. The minimum absolute atomic E-state index is 0.0636. The van der Waals surface area contributed by atoms with Crippen molar-refractivity contribution in [1.29, 1.82) is 0 Å². The fourth-order valence-corrected chi connectivity index (χ4v) is 5.08. The minimum Gasteiger partial charge on any atom is -0.453 e. The number of hydrogen-bond acceptors (Lipinski definition) is 5. The molecule has 0 aliphatic heterocycles. The smallest absolute Gasteiger partial charge is 0.406 e. The van der Waals surface area contributed by atoms with Crippen molar-refractivity contribution in [2.75, 3.05) is 38.7 Å². The van der Waals surface area contributed by atoms with Gasteiger partial charge in [0.1, 0.15) is 0 Å². The van der Waals surface area contributed by atoms with E-state index < -0.39 is 6.09 Å². The molecule has 3 N–H and O–H groups in total. The number of amides is 2. The van der Waals surface area contributed by atoms with Crippen LogP contribution in [-0.2, 0) is 4.74 Å². The Bertz CT molecular complexity index is 981. The van der Waals surface area contributed by atoms with Crippen molar-refractivity contribution in [1.82, 2.24) is 16.0 Å². The van der Waals surface area contributed by atoms with Crippen molar-refractivity contribution in [2.24, 2.45) is 5.92 Å². The molecule has 0 bridgehead atoms. The second kappa shape index (κ2) is 14.7. The molecule has 2 amide bonds. The van der Waals surface area contributed by atoms with E-state index in [0.717, 1.165) is 24.3 Å². The number of anilines is 2. The maximum absolute atomic E-state index is 13.3. The van der Waals surface area contributed by atoms with Gasteiger partial charge in [0.15, 0.2) is 0 Å². The van der Waals surface area contributed by atoms with Gasteiger partial charge in [0.05, 0.1) is 7.11 Å². The van der Waals surface area contributed by atoms with Crippen LogP contribution in [0.5, 0.6) is 0 Å². The lowest BCUT2D eigenvalue weighted by Crippen LogP contribution is -2.42. The zero-order chi connectivity index (χ0) is 25.8. The van der Waals surface area contributed by atoms with E-state index in [0.29, 0.717) is 36.0 Å². The summed E-state index contributed by atoms with van der Waals surface area (Å²) < 4.78 is 4.65. The molecule has 196 valence electrons. The van der Waals surface area contributed by atoms with Crippen molar-refractivity contribution >= 4 is 35.0 Å². The van der Waals surface area contributed by atoms with Crippen molar-refractivity contribution in [3.05, 3.63) is 59.1 Å². The highest BCUT2D eigenvalue weighted by molar-refractivity contribution is 6.30. The van der Waals surface area contributed by atoms with Crippen LogP contribution in [0.25, 0.3) is 0 Å². The molecule has 2 aromatic rings. The Morgan fingerprint density at radius 3 is 2.50 bits per heavy atom. The summed E-state index contributed by atoms with van der Waals surface area (Å²) in [6.45, 7) is 1.85. The van der Waals surface area contributed by atoms with Gasteiger partial charge in [0.25, 0.3) is 5.91 Å². The van der Waals surface area contributed by atoms with Crippen LogP contribution in [0.15, 0.2) is 48.5 Å². The van der Waals surface area contributed by atoms with Gasteiger partial charge in [-0.1, -0.05) is 55.8 Å². The number of ether oxygens (including phenoxy) is 1. The molecule has 8 heteroatoms. The van der Waals surface area contributed by atoms with Crippen LogP contribution in [0.4, 0.5) is 16.2 Å². The maximum Gasteiger partial charge on any atom is 0.406 e. The molecule has 1 aliphatic rings. The van der Waals surface area contributed by atoms with Gasteiger partial charge in [-0.25, -0.2) is 4.79 Å². The third-order valence-electron chi connectivity index (χ3n) is 6.68. The van der Waals surface area contributed by atoms with E-state index in [1.807, 2.05) is 55.6 Å². The first-order valence-corrected chi connectivity index (χ1v) is 13.3. The summed E-state index contributed by atoms with van der Waals surface area (Å²) in [6.07, 6.45) is 7.66. The van der Waals surface area contributed by atoms with Crippen molar-refractivity contribution in [3.63, 3.8) is 0 Å². The number of methoxy groups -OCH3 is 1. The van der Waals surface area contributed by atoms with E-state index in [4.69, 9.17) is 11.6 Å². The van der Waals surface area contributed by atoms with E-state index in [1.54, 1.807) is 0 Å². The number of benzene rings is 2. The molecular weight excluding hydrogens is 476 g/mol. The first-order chi connectivity index (χ1) is 17.5. The normalized spacial score (nSPS) is 14.6. The van der Waals surface area contributed by atoms with Crippen molar-refractivity contribution < 1.29 is 14.3 Å². The molecule has 0 aromatic heterocycles. The van der Waals surface area contributed by atoms with Gasteiger partial charge in [-0.15, -0.1) is 0 Å². The number of likely N-dealkylation sites (N-methyl/N-ethyl adjacent to an activating group) is 1. The molecule has 1 aliphatic carbocycles. The summed E-state index contributed by atoms with van der Waals surface area (Å²) in [7, 11) is 3.28. The predicted molar refractivity (Wildman–Crippen MR) is 146 cm³/mol. The summed E-state index contributed by atoms with van der Waals surface area (Å²) in [5.74, 6) is 0.618. The number of nitrogens with zero attached hydrogens (tertiary/aromatic N) is 1. The van der Waals surface area contributed by atoms with Gasteiger partial charge in [0, 0.05) is 47.6 Å². The molecule has 0 spiro atoms. The van der Waals surface area contributed by atoms with Crippen LogP contribution >= 0.6 is 11.6 Å². The summed E-state index contributed by atoms with van der Waals surface area (Å²) in [6, 6.07) is 15.4. The van der Waals surface area contributed by atoms with E-state index >= 15 is 0 Å². The Kier molecular flexibility index (Phi) is 11.4. The molecule has 2 aromatic carbocycles. The van der Waals surface area contributed by atoms with Crippen LogP contribution in [0, 0.1) is 5.92 Å². The zero-order valence-corrected chi connectivity index (χ0v) is 22.2. The highest BCUT2D eigenvalue weighted by Gasteiger charge is 2.21. The maximum atomic E-state index is 13.3. The largest absolute Gasteiger partial charge is 0.453 e. The predicted octanol–water partition coefficient (Wildman–Crippen LogP) is 5.51. The lowest BCUT2D eigenvalue weighted by atomic mass is 9.84. The standard InChI is InChI=1S/C28H39ClN4O3/c1-30-20-24(17-21-9-4-3-5-10-21)32-27(34)22-11-6-13-25(18-22)33(16-8-15-31-28(35)36-2)26-14-7-12-23(29)19-26/h6-7,11-14,18-19,21,24,30H,3-5,8-10,15-17,20H2,1-2H3,(H,31,35)(H,32,34). The van der Waals surface area contributed by atoms with E-state index in [1.165, 1.54) is 39.2 Å². The number of hydrogen-bond donors (Lipinski definition) is 3. The summed E-state index contributed by atoms with van der Waals surface area (Å²) in [5, 5.41) is 9.85. The Hall–Kier alpha value is -2.77. The van der Waals surface area contributed by atoms with Gasteiger partial charge < -0.3 is 25.6 Å². The van der Waals surface area contributed by atoms with Gasteiger partial charge >= 0.3 is 6.09 Å². The van der Waals surface area contributed by atoms with Crippen LogP contribution in [0.2, 0.25) is 5.02 Å². The summed E-state index contributed by atoms with van der Waals surface area (Å²) in [5.41, 5.74) is 2.43. The fourth-order valence-electron chi connectivity index (χ4n) is 4.90. The van der Waals surface area contributed by atoms with E-state index in [-0.39, 0.29) is 11.9 Å². The third-order valence-corrected chi connectivity index (χ3v) is 6.92. The molecular formula is C28H39ClN4O3. The Morgan fingerprint density at radius 1 is 1.08 bits per heavy atom. The molecule has 1 unspecified atom stereocenters. The Labute approximate surface area is 219 Å². The molecule has 3 rings (SSSR count). The number of halogens is 1. The van der Waals surface area contributed by atoms with Gasteiger partial charge in [-0.05, 0) is 62.2 Å². The van der Waals surface area contributed by atoms with E-state index in [2.05, 4.69) is 25.6 Å². The fraction of sp³-hybridized carbons (Fsp3) is 0.500. The lowest BCUT2D eigenvalue weighted by molar-refractivity contribution is 0.0928. The molecule has 1 fully saturated rings. The molecule has 36 heavy (non-hydrogen) atoms. The van der Waals surface area contributed by atoms with Crippen LogP contribution < -0.4 is 20.9 Å². The summed E-state index contributed by atoms with van der Waals surface area (Å²) in [4.78, 5) is 26.8. The molecule has 0 saturated heterocycles. The first-order valence-electron chi connectivity index (χ1n) is 12.9. The SMILES string of the molecule is CNCC(CC1CCCCC1)NC(=O)c1cccc(N(CCCNC(=O)OC)c2cccc(Cl)c2)c1. The third kappa shape index (κ3) is 8.71. The Morgan fingerprint density at radius 2 is 1.81 bits per heavy atom. The highest BCUT2D eigenvalue weighted by Crippen LogP contribution is 2.29. The van der Waals surface area contributed by atoms with Crippen molar-refractivity contribution in [3.8, 4) is 0 Å². The first kappa shape index (κ1) is 27.8. The van der Waals surface area contributed by atoms with Crippen molar-refractivity contribution in [2.45, 2.75) is 51.0 Å². The van der Waals surface area contributed by atoms with E-state index in [9.17, 15) is 9.59 Å². The zero-order valence-electron chi connectivity index (χ0n) is 21.4. The number of nitrogens with one attached hydrogen (secondary N) is 3. The van der Waals surface area contributed by atoms with Crippen LogP contribution in [0.1, 0.15) is 55.3 Å². The molecule has 0 radical (unpaired) electrons. The number of carbonyl (C=O) groups excluding carboxylic acids is 2. The number of alkyl carbamates (subject to hydrolysis) is 1. The molecule has 0 heterocycles. The highest BCUT2D eigenvalue weighted by atomic mass is 35.5. The topological polar surface area (TPSA) is 82.7 Å². The Balaban J connectivity index is 1.73. The number of rotatable bonds is 12. The molecule has 1 saturated carbocycles. The minimum atomic E-state index is -0.452. The van der Waals surface area contributed by atoms with Crippen LogP contribution in [0.3, 0.4) is 0 Å². The average molecular weight is 515 g/mol. The summed E-state index contributed by atoms with van der Waals surface area (Å²) >= 11 is 6.28. The quantitative estimate of drug-likeness (QED) is 0.325. The molecule has 1 atom stereocenters. The molecule has 7 nitrogen and oxygen atoms in total. The lowest BCUT2D eigenvalue weighted by Gasteiger charge is -2.28. The second-order valence-corrected chi connectivity index (χ2v) is 9.86. The van der Waals surface area contributed by atoms with Gasteiger partial charge in [-0.2, -0.15) is 0 Å². The second-order valence-electron chi connectivity index (χ2n) is 9.42. The van der Waals surface area contributed by atoms with Crippen LogP contribution in [-0.4, -0.2) is 51.8 Å². The van der Waals surface area contributed by atoms with Gasteiger partial charge in [-0.3, -0.25) is 4.79 Å². The monoisotopic (exact) mass is 514 g/mol.